The summed E-state index contributed by atoms with van der Waals surface area (Å²) in [6.07, 6.45) is 4.16. The Balaban J connectivity index is 0.000000125. The molecular formula is C44H29BrO2S2. The first kappa shape index (κ1) is 29.4. The Morgan fingerprint density at radius 1 is 0.551 bits per heavy atom. The summed E-state index contributed by atoms with van der Waals surface area (Å²) in [6, 6.07) is 42.6. The van der Waals surface area contributed by atoms with E-state index in [1.807, 2.05) is 35.6 Å². The Labute approximate surface area is 301 Å². The molecule has 0 bridgehead atoms. The molecular weight excluding hydrogens is 705 g/mol. The van der Waals surface area contributed by atoms with Crippen LogP contribution in [0.25, 0.3) is 64.4 Å². The second kappa shape index (κ2) is 11.5. The quantitative estimate of drug-likeness (QED) is 0.157. The Morgan fingerprint density at radius 2 is 1.12 bits per heavy atom. The maximum absolute atomic E-state index is 6.24. The zero-order valence-electron chi connectivity index (χ0n) is 26.5. The summed E-state index contributed by atoms with van der Waals surface area (Å²) in [6.45, 7) is 0. The molecule has 2 aliphatic rings. The van der Waals surface area contributed by atoms with Gasteiger partial charge in [-0.05, 0) is 89.7 Å². The third-order valence-corrected chi connectivity index (χ3v) is 12.9. The van der Waals surface area contributed by atoms with Gasteiger partial charge in [-0.3, -0.25) is 0 Å². The van der Waals surface area contributed by atoms with Crippen LogP contribution >= 0.6 is 39.5 Å². The van der Waals surface area contributed by atoms with Crippen LogP contribution in [0, 0.1) is 0 Å². The monoisotopic (exact) mass is 732 g/mol. The third kappa shape index (κ3) is 4.60. The van der Waals surface area contributed by atoms with Crippen LogP contribution in [0.5, 0.6) is 0 Å². The summed E-state index contributed by atoms with van der Waals surface area (Å²) in [4.78, 5) is 2.45. The highest BCUT2D eigenvalue weighted by molar-refractivity contribution is 9.10. The van der Waals surface area contributed by atoms with Gasteiger partial charge in [0.2, 0.25) is 0 Å². The van der Waals surface area contributed by atoms with E-state index in [-0.39, 0.29) is 5.92 Å². The zero-order chi connectivity index (χ0) is 32.6. The maximum atomic E-state index is 6.24. The number of hydrogen-bond donors (Lipinski definition) is 0. The van der Waals surface area contributed by atoms with Crippen molar-refractivity contribution in [3.63, 3.8) is 0 Å². The molecule has 5 heteroatoms. The Bertz CT molecular complexity index is 2780. The van der Waals surface area contributed by atoms with Crippen molar-refractivity contribution in [2.45, 2.75) is 31.6 Å². The Morgan fingerprint density at radius 3 is 1.84 bits per heavy atom. The number of para-hydroxylation sites is 2. The summed E-state index contributed by atoms with van der Waals surface area (Å²) < 4.78 is 15.0. The van der Waals surface area contributed by atoms with Crippen molar-refractivity contribution in [2.24, 2.45) is 0 Å². The lowest BCUT2D eigenvalue weighted by Gasteiger charge is -2.27. The number of aryl methyl sites for hydroxylation is 3. The van der Waals surface area contributed by atoms with E-state index in [2.05, 4.69) is 113 Å². The van der Waals surface area contributed by atoms with Gasteiger partial charge in [0.25, 0.3) is 0 Å². The minimum Gasteiger partial charge on any atom is -0.456 e. The highest BCUT2D eigenvalue weighted by Gasteiger charge is 2.29. The lowest BCUT2D eigenvalue weighted by atomic mass is 9.79. The van der Waals surface area contributed by atoms with Crippen LogP contribution in [0.3, 0.4) is 0 Å². The van der Waals surface area contributed by atoms with Crippen molar-refractivity contribution < 1.29 is 8.83 Å². The van der Waals surface area contributed by atoms with Crippen molar-refractivity contribution >= 4 is 98.3 Å². The molecule has 0 saturated carbocycles. The number of furan rings is 2. The number of thiophene rings is 1. The van der Waals surface area contributed by atoms with Crippen LogP contribution in [-0.2, 0) is 19.3 Å². The predicted octanol–water partition coefficient (Wildman–Crippen LogP) is 13.4. The Kier molecular flexibility index (Phi) is 6.90. The number of benzene rings is 6. The number of rotatable bonds is 1. The molecule has 0 aliphatic heterocycles. The summed E-state index contributed by atoms with van der Waals surface area (Å²) in [5, 5.41) is 6.26. The lowest BCUT2D eigenvalue weighted by molar-refractivity contribution is 0.653. The third-order valence-electron chi connectivity index (χ3n) is 10.4. The number of fused-ring (bicyclic) bond motifs is 14. The fourth-order valence-electron chi connectivity index (χ4n) is 8.11. The van der Waals surface area contributed by atoms with Crippen LogP contribution in [0.2, 0.25) is 0 Å². The van der Waals surface area contributed by atoms with E-state index in [9.17, 15) is 0 Å². The van der Waals surface area contributed by atoms with Crippen LogP contribution in [0.4, 0.5) is 0 Å². The first-order chi connectivity index (χ1) is 24.1. The topological polar surface area (TPSA) is 26.3 Å². The summed E-state index contributed by atoms with van der Waals surface area (Å²) >= 11 is 11.5. The van der Waals surface area contributed by atoms with Crippen LogP contribution < -0.4 is 0 Å². The van der Waals surface area contributed by atoms with Gasteiger partial charge in [-0.2, -0.15) is 0 Å². The fourth-order valence-corrected chi connectivity index (χ4v) is 10.4. The number of halogens is 1. The molecule has 236 valence electrons. The average molecular weight is 734 g/mol. The summed E-state index contributed by atoms with van der Waals surface area (Å²) in [5.41, 5.74) is 12.0. The molecule has 3 heterocycles. The molecule has 2 aliphatic carbocycles. The highest BCUT2D eigenvalue weighted by Crippen LogP contribution is 2.47. The average Bonchev–Trinajstić information content (AvgIpc) is 3.84. The molecule has 3 aromatic heterocycles. The van der Waals surface area contributed by atoms with Gasteiger partial charge in [0.15, 0.2) is 0 Å². The minimum absolute atomic E-state index is 0.278. The normalized spacial score (nSPS) is 15.4. The molecule has 0 N–H and O–H groups in total. The van der Waals surface area contributed by atoms with Gasteiger partial charge in [0.05, 0.1) is 0 Å². The van der Waals surface area contributed by atoms with E-state index >= 15 is 0 Å². The van der Waals surface area contributed by atoms with Crippen LogP contribution in [0.15, 0.2) is 135 Å². The molecule has 11 rings (SSSR count). The summed E-state index contributed by atoms with van der Waals surface area (Å²) in [5.74, 6) is 0.278. The van der Waals surface area contributed by atoms with E-state index in [0.717, 1.165) is 57.4 Å². The molecule has 0 saturated heterocycles. The predicted molar refractivity (Wildman–Crippen MR) is 213 cm³/mol. The smallest absolute Gasteiger partial charge is 0.139 e. The zero-order valence-corrected chi connectivity index (χ0v) is 29.7. The van der Waals surface area contributed by atoms with Gasteiger partial charge >= 0.3 is 0 Å². The SMILES string of the molecule is S=C1c2ccc3c(oc4ccccc43)c2CCC1c1ccccc1Br.c1ccc2c(c1)oc1c3c(ccc12)-c1sc2ccccc2c1CC3. The molecule has 9 aromatic rings. The van der Waals surface area contributed by atoms with Crippen molar-refractivity contribution in [3.05, 3.63) is 154 Å². The van der Waals surface area contributed by atoms with Crippen molar-refractivity contribution in [2.75, 3.05) is 0 Å². The standard InChI is InChI=1S/C22H15BrOS.C22H14OS/c23-19-7-3-1-5-13(19)17-11-10-16-18(22(17)25)12-9-15-14-6-2-4-8-20(14)24-21(15)16;1-3-7-19-13(5-1)15-9-12-18-16(21(15)23-19)10-11-17-14-6-2-4-8-20(14)24-22(17)18/h1-9,12,17H,10-11H2;1-9,12H,10-11H2. The molecule has 1 atom stereocenters. The Hall–Kier alpha value is -4.55. The minimum atomic E-state index is 0.278. The van der Waals surface area contributed by atoms with E-state index in [1.165, 1.54) is 69.9 Å². The van der Waals surface area contributed by atoms with Crippen molar-refractivity contribution in [1.29, 1.82) is 0 Å². The maximum Gasteiger partial charge on any atom is 0.139 e. The molecule has 0 amide bonds. The lowest BCUT2D eigenvalue weighted by Crippen LogP contribution is -2.20. The van der Waals surface area contributed by atoms with E-state index < -0.39 is 0 Å². The van der Waals surface area contributed by atoms with Crippen molar-refractivity contribution in [3.8, 4) is 10.4 Å². The first-order valence-corrected chi connectivity index (χ1v) is 18.8. The fraction of sp³-hybridized carbons (Fsp3) is 0.114. The second-order valence-corrected chi connectivity index (χ2v) is 15.4. The molecule has 0 fully saturated rings. The number of thiocarbonyl (C=S) groups is 1. The van der Waals surface area contributed by atoms with E-state index in [0.29, 0.717) is 0 Å². The van der Waals surface area contributed by atoms with Gasteiger partial charge in [-0.15, -0.1) is 11.3 Å². The van der Waals surface area contributed by atoms with Crippen LogP contribution in [0.1, 0.15) is 40.2 Å². The van der Waals surface area contributed by atoms with Crippen LogP contribution in [-0.4, -0.2) is 4.86 Å². The van der Waals surface area contributed by atoms with Gasteiger partial charge in [0, 0.05) is 57.5 Å². The summed E-state index contributed by atoms with van der Waals surface area (Å²) in [7, 11) is 0. The molecule has 49 heavy (non-hydrogen) atoms. The molecule has 2 nitrogen and oxygen atoms in total. The molecule has 6 aromatic carbocycles. The second-order valence-electron chi connectivity index (χ2n) is 13.0. The van der Waals surface area contributed by atoms with Gasteiger partial charge < -0.3 is 8.83 Å². The van der Waals surface area contributed by atoms with Gasteiger partial charge in [-0.25, -0.2) is 0 Å². The van der Waals surface area contributed by atoms with E-state index in [1.54, 1.807) is 0 Å². The molecule has 1 unspecified atom stereocenters. The molecule has 0 radical (unpaired) electrons. The van der Waals surface area contributed by atoms with Crippen molar-refractivity contribution in [1.82, 2.24) is 0 Å². The largest absolute Gasteiger partial charge is 0.456 e. The van der Waals surface area contributed by atoms with E-state index in [4.69, 9.17) is 21.1 Å². The molecule has 0 spiro atoms. The first-order valence-electron chi connectivity index (χ1n) is 16.8. The highest BCUT2D eigenvalue weighted by atomic mass is 79.9. The number of hydrogen-bond acceptors (Lipinski definition) is 4. The van der Waals surface area contributed by atoms with Gasteiger partial charge in [-0.1, -0.05) is 113 Å². The van der Waals surface area contributed by atoms with Gasteiger partial charge in [0.1, 0.15) is 22.3 Å².